The second kappa shape index (κ2) is 8.50. The Hall–Kier alpha value is -2.20. The van der Waals surface area contributed by atoms with E-state index in [1.165, 1.54) is 0 Å². The number of hydrogen-bond acceptors (Lipinski definition) is 2. The highest BCUT2D eigenvalue weighted by molar-refractivity contribution is 6.30. The molecule has 0 spiro atoms. The van der Waals surface area contributed by atoms with E-state index in [2.05, 4.69) is 0 Å². The molecule has 5 rings (SSSR count). The van der Waals surface area contributed by atoms with Crippen LogP contribution in [0.2, 0.25) is 5.02 Å². The SMILES string of the molecule is CCc1ccc(-c2c(F)cc(Cl)cc2F)cc1/C1=C(\O)C[C@H]2CC[C@H](CC2)CC1=O. The van der Waals surface area contributed by atoms with Gasteiger partial charge in [0.25, 0.3) is 0 Å². The number of ketones is 1. The lowest BCUT2D eigenvalue weighted by molar-refractivity contribution is -0.114. The zero-order valence-corrected chi connectivity index (χ0v) is 17.7. The van der Waals surface area contributed by atoms with Crippen molar-refractivity contribution in [1.82, 2.24) is 0 Å². The number of carbonyl (C=O) groups excluding carboxylic acids is 1. The van der Waals surface area contributed by atoms with E-state index in [1.54, 1.807) is 18.2 Å². The third-order valence-electron chi connectivity index (χ3n) is 6.55. The fraction of sp³-hybridized carbons (Fsp3) is 0.400. The molecule has 3 aliphatic rings. The number of hydrogen-bond donors (Lipinski definition) is 1. The van der Waals surface area contributed by atoms with Gasteiger partial charge in [-0.2, -0.15) is 0 Å². The summed E-state index contributed by atoms with van der Waals surface area (Å²) in [6.45, 7) is 1.96. The van der Waals surface area contributed by atoms with Crippen molar-refractivity contribution in [2.45, 2.75) is 51.9 Å². The molecule has 158 valence electrons. The van der Waals surface area contributed by atoms with E-state index in [1.807, 2.05) is 6.92 Å². The van der Waals surface area contributed by atoms with Gasteiger partial charge in [0.15, 0.2) is 5.78 Å². The summed E-state index contributed by atoms with van der Waals surface area (Å²) in [7, 11) is 0. The molecule has 0 amide bonds. The Balaban J connectivity index is 1.87. The Morgan fingerprint density at radius 3 is 2.20 bits per heavy atom. The number of allylic oxidation sites excluding steroid dienone is 2. The van der Waals surface area contributed by atoms with E-state index < -0.39 is 11.6 Å². The molecule has 5 heteroatoms. The maximum absolute atomic E-state index is 14.5. The molecule has 0 saturated heterocycles. The van der Waals surface area contributed by atoms with Crippen molar-refractivity contribution >= 4 is 23.0 Å². The highest BCUT2D eigenvalue weighted by atomic mass is 35.5. The van der Waals surface area contributed by atoms with Gasteiger partial charge in [0, 0.05) is 17.9 Å². The van der Waals surface area contributed by atoms with Gasteiger partial charge in [0.1, 0.15) is 17.4 Å². The minimum atomic E-state index is -0.757. The average molecular weight is 431 g/mol. The van der Waals surface area contributed by atoms with Gasteiger partial charge in [-0.3, -0.25) is 4.79 Å². The molecule has 3 aliphatic carbocycles. The molecule has 1 N–H and O–H groups in total. The zero-order valence-electron chi connectivity index (χ0n) is 17.0. The monoisotopic (exact) mass is 430 g/mol. The molecule has 2 bridgehead atoms. The number of Topliss-reactive ketones (excluding diaryl/α,β-unsaturated/α-hetero) is 1. The topological polar surface area (TPSA) is 37.3 Å². The summed E-state index contributed by atoms with van der Waals surface area (Å²) in [6.07, 6.45) is 5.60. The molecule has 2 nitrogen and oxygen atoms in total. The molecule has 1 fully saturated rings. The zero-order chi connectivity index (χ0) is 21.4. The first-order valence-electron chi connectivity index (χ1n) is 10.6. The summed E-state index contributed by atoms with van der Waals surface area (Å²) < 4.78 is 29.1. The molecule has 2 aromatic carbocycles. The van der Waals surface area contributed by atoms with Crippen molar-refractivity contribution in [2.24, 2.45) is 11.8 Å². The van der Waals surface area contributed by atoms with Gasteiger partial charge in [-0.05, 0) is 78.8 Å². The highest BCUT2D eigenvalue weighted by Gasteiger charge is 2.31. The molecule has 0 heterocycles. The van der Waals surface area contributed by atoms with Crippen LogP contribution in [0.1, 0.15) is 56.6 Å². The van der Waals surface area contributed by atoms with E-state index in [0.29, 0.717) is 47.8 Å². The number of fused-ring (bicyclic) bond motifs is 5. The van der Waals surface area contributed by atoms with Crippen LogP contribution in [-0.2, 0) is 11.2 Å². The van der Waals surface area contributed by atoms with E-state index in [-0.39, 0.29) is 22.1 Å². The molecular formula is C25H25ClF2O2. The Morgan fingerprint density at radius 1 is 1.00 bits per heavy atom. The lowest BCUT2D eigenvalue weighted by atomic mass is 9.79. The first kappa shape index (κ1) is 21.0. The molecule has 0 aromatic heterocycles. The number of benzene rings is 2. The summed E-state index contributed by atoms with van der Waals surface area (Å²) in [6, 6.07) is 7.23. The van der Waals surface area contributed by atoms with Crippen LogP contribution in [0.3, 0.4) is 0 Å². The van der Waals surface area contributed by atoms with Crippen molar-refractivity contribution in [2.75, 3.05) is 0 Å². The van der Waals surface area contributed by atoms with Gasteiger partial charge >= 0.3 is 0 Å². The van der Waals surface area contributed by atoms with Crippen molar-refractivity contribution in [3.63, 3.8) is 0 Å². The normalized spacial score (nSPS) is 24.5. The first-order valence-corrected chi connectivity index (χ1v) is 11.0. The first-order chi connectivity index (χ1) is 14.4. The highest BCUT2D eigenvalue weighted by Crippen LogP contribution is 2.41. The average Bonchev–Trinajstić information content (AvgIpc) is 2.78. The van der Waals surface area contributed by atoms with Crippen molar-refractivity contribution < 1.29 is 18.7 Å². The molecule has 0 unspecified atom stereocenters. The molecule has 30 heavy (non-hydrogen) atoms. The van der Waals surface area contributed by atoms with Gasteiger partial charge in [-0.1, -0.05) is 30.7 Å². The second-order valence-electron chi connectivity index (χ2n) is 8.51. The van der Waals surface area contributed by atoms with Crippen LogP contribution in [0.15, 0.2) is 36.1 Å². The molecule has 0 radical (unpaired) electrons. The fourth-order valence-corrected chi connectivity index (χ4v) is 5.13. The van der Waals surface area contributed by atoms with E-state index in [4.69, 9.17) is 11.6 Å². The van der Waals surface area contributed by atoms with Crippen LogP contribution >= 0.6 is 11.6 Å². The maximum atomic E-state index is 14.5. The number of aliphatic hydroxyl groups is 1. The minimum absolute atomic E-state index is 0.0126. The van der Waals surface area contributed by atoms with Crippen LogP contribution < -0.4 is 0 Å². The van der Waals surface area contributed by atoms with Crippen molar-refractivity contribution in [3.05, 3.63) is 63.9 Å². The summed E-state index contributed by atoms with van der Waals surface area (Å²) in [5, 5.41) is 11.0. The summed E-state index contributed by atoms with van der Waals surface area (Å²) in [4.78, 5) is 13.2. The van der Waals surface area contributed by atoms with E-state index in [9.17, 15) is 18.7 Å². The summed E-state index contributed by atoms with van der Waals surface area (Å²) >= 11 is 5.77. The second-order valence-corrected chi connectivity index (χ2v) is 8.95. The van der Waals surface area contributed by atoms with Gasteiger partial charge in [-0.15, -0.1) is 0 Å². The van der Waals surface area contributed by atoms with Gasteiger partial charge in [0.05, 0.1) is 11.1 Å². The molecule has 0 aliphatic heterocycles. The van der Waals surface area contributed by atoms with Crippen LogP contribution in [-0.4, -0.2) is 10.9 Å². The molecular weight excluding hydrogens is 406 g/mol. The lowest BCUT2D eigenvalue weighted by Crippen LogP contribution is -2.15. The molecule has 0 atom stereocenters. The lowest BCUT2D eigenvalue weighted by Gasteiger charge is -2.26. The predicted molar refractivity (Wildman–Crippen MR) is 115 cm³/mol. The predicted octanol–water partition coefficient (Wildman–Crippen LogP) is 7.29. The van der Waals surface area contributed by atoms with E-state index in [0.717, 1.165) is 43.4 Å². The fourth-order valence-electron chi connectivity index (χ4n) is 4.94. The quantitative estimate of drug-likeness (QED) is 0.555. The Morgan fingerprint density at radius 2 is 1.60 bits per heavy atom. The van der Waals surface area contributed by atoms with Crippen LogP contribution in [0, 0.1) is 23.5 Å². The Labute approximate surface area is 180 Å². The molecule has 1 saturated carbocycles. The Kier molecular flexibility index (Phi) is 5.97. The maximum Gasteiger partial charge on any atom is 0.167 e. The number of halogens is 3. The summed E-state index contributed by atoms with van der Waals surface area (Å²) in [5.74, 6) is -0.768. The van der Waals surface area contributed by atoms with Gasteiger partial charge in [-0.25, -0.2) is 8.78 Å². The Bertz CT molecular complexity index is 997. The van der Waals surface area contributed by atoms with Crippen LogP contribution in [0.4, 0.5) is 8.78 Å². The van der Waals surface area contributed by atoms with E-state index >= 15 is 0 Å². The van der Waals surface area contributed by atoms with Crippen LogP contribution in [0.25, 0.3) is 16.7 Å². The van der Waals surface area contributed by atoms with Crippen molar-refractivity contribution in [3.8, 4) is 11.1 Å². The smallest absolute Gasteiger partial charge is 0.167 e. The van der Waals surface area contributed by atoms with Crippen LogP contribution in [0.5, 0.6) is 0 Å². The third-order valence-corrected chi connectivity index (χ3v) is 6.76. The standard InChI is InChI=1S/C25H25ClF2O2/c1-2-16-7-8-17(24-20(27)12-18(26)13-21(24)28)11-19(16)25-22(29)9-14-3-4-15(6-5-14)10-23(25)30/h7-8,11-15,29H,2-6,9-10H2,1H3/b25-22+/t14-,15+. The minimum Gasteiger partial charge on any atom is -0.512 e. The number of carbonyl (C=O) groups is 1. The summed E-state index contributed by atoms with van der Waals surface area (Å²) in [5.41, 5.74) is 1.91. The number of aliphatic hydroxyl groups excluding tert-OH is 1. The third kappa shape index (κ3) is 4.02. The van der Waals surface area contributed by atoms with Gasteiger partial charge < -0.3 is 5.11 Å². The van der Waals surface area contributed by atoms with Crippen molar-refractivity contribution in [1.29, 1.82) is 0 Å². The molecule has 2 aromatic rings. The number of rotatable bonds is 3. The number of aryl methyl sites for hydroxylation is 1. The largest absolute Gasteiger partial charge is 0.512 e. The van der Waals surface area contributed by atoms with Gasteiger partial charge in [0.2, 0.25) is 0 Å².